The van der Waals surface area contributed by atoms with Crippen molar-refractivity contribution in [2.45, 2.75) is 53.2 Å². The fraction of sp³-hybridized carbons (Fsp3) is 0.545. The van der Waals surface area contributed by atoms with Gasteiger partial charge in [0.15, 0.2) is 5.96 Å². The van der Waals surface area contributed by atoms with E-state index in [0.29, 0.717) is 18.7 Å². The lowest BCUT2D eigenvalue weighted by atomic mass is 10.1. The molecule has 2 N–H and O–H groups in total. The molecule has 0 bridgehead atoms. The first kappa shape index (κ1) is 22.9. The molecule has 1 aromatic carbocycles. The summed E-state index contributed by atoms with van der Waals surface area (Å²) in [5.74, 6) is 0.588. The molecule has 7 heteroatoms. The van der Waals surface area contributed by atoms with Crippen LogP contribution in [0.5, 0.6) is 0 Å². The van der Waals surface area contributed by atoms with Gasteiger partial charge in [0.05, 0.1) is 12.2 Å². The molecule has 6 nitrogen and oxygen atoms in total. The van der Waals surface area contributed by atoms with Crippen LogP contribution >= 0.6 is 0 Å². The van der Waals surface area contributed by atoms with Gasteiger partial charge in [-0.3, -0.25) is 4.68 Å². The average Bonchev–Trinajstić information content (AvgIpc) is 2.88. The molecule has 0 saturated heterocycles. The van der Waals surface area contributed by atoms with Crippen LogP contribution in [0.25, 0.3) is 0 Å². The molecule has 0 spiro atoms. The molecule has 0 aliphatic carbocycles. The van der Waals surface area contributed by atoms with Gasteiger partial charge in [-0.2, -0.15) is 5.10 Å². The smallest absolute Gasteiger partial charge is 0.191 e. The Morgan fingerprint density at radius 2 is 2.03 bits per heavy atom. The van der Waals surface area contributed by atoms with Crippen LogP contribution in [0, 0.1) is 19.7 Å². The number of aromatic nitrogens is 2. The first-order chi connectivity index (χ1) is 13.7. The lowest BCUT2D eigenvalue weighted by molar-refractivity contribution is 0.392. The van der Waals surface area contributed by atoms with E-state index >= 15 is 0 Å². The molecule has 29 heavy (non-hydrogen) atoms. The van der Waals surface area contributed by atoms with Gasteiger partial charge in [-0.1, -0.05) is 6.07 Å². The van der Waals surface area contributed by atoms with Crippen LogP contribution in [0.15, 0.2) is 23.2 Å². The Balaban J connectivity index is 2.07. The van der Waals surface area contributed by atoms with E-state index in [1.807, 2.05) is 50.6 Å². The second-order valence-electron chi connectivity index (χ2n) is 7.88. The number of nitrogens with one attached hydrogen (secondary N) is 2. The van der Waals surface area contributed by atoms with Crippen LogP contribution in [0.1, 0.15) is 41.9 Å². The van der Waals surface area contributed by atoms with Gasteiger partial charge < -0.3 is 15.5 Å². The van der Waals surface area contributed by atoms with E-state index in [9.17, 15) is 4.39 Å². The Morgan fingerprint density at radius 1 is 1.31 bits per heavy atom. The van der Waals surface area contributed by atoms with E-state index in [1.165, 1.54) is 17.3 Å². The van der Waals surface area contributed by atoms with Crippen molar-refractivity contribution in [3.8, 4) is 0 Å². The maximum atomic E-state index is 14.0. The third-order valence-corrected chi connectivity index (χ3v) is 4.91. The number of hydrogen-bond donors (Lipinski definition) is 2. The van der Waals surface area contributed by atoms with Gasteiger partial charge >= 0.3 is 0 Å². The Hall–Kier alpha value is -2.41. The second-order valence-corrected chi connectivity index (χ2v) is 7.88. The van der Waals surface area contributed by atoms with Crippen molar-refractivity contribution in [2.24, 2.45) is 12.0 Å². The SMILES string of the molecule is CCNC(=NCc1ccc(F)c(CN(C)C)c1)NC(C)Cc1c(C)nn(C)c1C. The molecular weight excluding hydrogens is 367 g/mol. The highest BCUT2D eigenvalue weighted by Gasteiger charge is 2.14. The molecular formula is C22H35FN6. The summed E-state index contributed by atoms with van der Waals surface area (Å²) in [6.07, 6.45) is 0.874. The number of benzene rings is 1. The van der Waals surface area contributed by atoms with Crippen LogP contribution in [-0.2, 0) is 26.6 Å². The summed E-state index contributed by atoms with van der Waals surface area (Å²) < 4.78 is 15.9. The van der Waals surface area contributed by atoms with Crippen molar-refractivity contribution in [2.75, 3.05) is 20.6 Å². The number of aliphatic imine (C=N–C) groups is 1. The van der Waals surface area contributed by atoms with Crippen LogP contribution in [0.4, 0.5) is 4.39 Å². The Kier molecular flexibility index (Phi) is 8.20. The van der Waals surface area contributed by atoms with E-state index in [1.54, 1.807) is 6.07 Å². The third kappa shape index (κ3) is 6.56. The van der Waals surface area contributed by atoms with Crippen LogP contribution in [0.2, 0.25) is 0 Å². The fourth-order valence-electron chi connectivity index (χ4n) is 3.38. The summed E-state index contributed by atoms with van der Waals surface area (Å²) in [6.45, 7) is 10.2. The summed E-state index contributed by atoms with van der Waals surface area (Å²) in [5, 5.41) is 11.3. The van der Waals surface area contributed by atoms with Crippen molar-refractivity contribution in [1.29, 1.82) is 0 Å². The molecule has 1 heterocycles. The minimum absolute atomic E-state index is 0.174. The summed E-state index contributed by atoms with van der Waals surface area (Å²) in [4.78, 5) is 6.66. The molecule has 1 aromatic heterocycles. The highest BCUT2D eigenvalue weighted by Crippen LogP contribution is 2.15. The highest BCUT2D eigenvalue weighted by molar-refractivity contribution is 5.80. The van der Waals surface area contributed by atoms with E-state index < -0.39 is 0 Å². The average molecular weight is 403 g/mol. The fourth-order valence-corrected chi connectivity index (χ4v) is 3.38. The Bertz CT molecular complexity index is 840. The van der Waals surface area contributed by atoms with E-state index in [-0.39, 0.29) is 11.9 Å². The monoisotopic (exact) mass is 402 g/mol. The number of guanidine groups is 1. The number of halogens is 1. The summed E-state index contributed by atoms with van der Waals surface area (Å²) in [7, 11) is 5.85. The maximum absolute atomic E-state index is 14.0. The summed E-state index contributed by atoms with van der Waals surface area (Å²) >= 11 is 0. The summed E-state index contributed by atoms with van der Waals surface area (Å²) in [5.41, 5.74) is 5.22. The quantitative estimate of drug-likeness (QED) is 0.527. The third-order valence-electron chi connectivity index (χ3n) is 4.91. The molecule has 1 unspecified atom stereocenters. The van der Waals surface area contributed by atoms with Crippen LogP contribution in [0.3, 0.4) is 0 Å². The molecule has 0 aliphatic rings. The number of nitrogens with zero attached hydrogens (tertiary/aromatic N) is 4. The van der Waals surface area contributed by atoms with Gasteiger partial charge in [-0.15, -0.1) is 0 Å². The number of aryl methyl sites for hydroxylation is 2. The molecule has 0 saturated carbocycles. The highest BCUT2D eigenvalue weighted by atomic mass is 19.1. The van der Waals surface area contributed by atoms with Crippen LogP contribution in [-0.4, -0.2) is 47.3 Å². The van der Waals surface area contributed by atoms with Crippen molar-refractivity contribution in [1.82, 2.24) is 25.3 Å². The largest absolute Gasteiger partial charge is 0.357 e. The minimum atomic E-state index is -0.174. The Morgan fingerprint density at radius 3 is 2.62 bits per heavy atom. The second kappa shape index (κ2) is 10.4. The zero-order valence-electron chi connectivity index (χ0n) is 18.8. The van der Waals surface area contributed by atoms with Crippen LogP contribution < -0.4 is 10.6 Å². The number of rotatable bonds is 8. The molecule has 160 valence electrons. The van der Waals surface area contributed by atoms with Gasteiger partial charge in [0.2, 0.25) is 0 Å². The molecule has 2 aromatic rings. The van der Waals surface area contributed by atoms with Crippen molar-refractivity contribution in [3.05, 3.63) is 52.1 Å². The molecule has 0 fully saturated rings. The molecule has 2 rings (SSSR count). The molecule has 0 amide bonds. The maximum Gasteiger partial charge on any atom is 0.191 e. The van der Waals surface area contributed by atoms with Crippen molar-refractivity contribution >= 4 is 5.96 Å². The van der Waals surface area contributed by atoms with Crippen molar-refractivity contribution in [3.63, 3.8) is 0 Å². The normalized spacial score (nSPS) is 13.1. The Labute approximate surface area is 174 Å². The zero-order valence-corrected chi connectivity index (χ0v) is 18.8. The number of hydrogen-bond acceptors (Lipinski definition) is 3. The van der Waals surface area contributed by atoms with Gasteiger partial charge in [-0.25, -0.2) is 9.38 Å². The minimum Gasteiger partial charge on any atom is -0.357 e. The van der Waals surface area contributed by atoms with E-state index in [4.69, 9.17) is 4.99 Å². The van der Waals surface area contributed by atoms with Gasteiger partial charge in [0.25, 0.3) is 0 Å². The lowest BCUT2D eigenvalue weighted by Crippen LogP contribution is -2.43. The predicted molar refractivity (Wildman–Crippen MR) is 118 cm³/mol. The standard InChI is InChI=1S/C22H35FN6/c1-8-24-22(26-15(2)11-20-16(3)27-29(7)17(20)4)25-13-18-9-10-21(23)19(12-18)14-28(5)6/h9-10,12,15H,8,11,13-14H2,1-7H3,(H2,24,25,26). The van der Waals surface area contributed by atoms with E-state index in [2.05, 4.69) is 29.6 Å². The zero-order chi connectivity index (χ0) is 21.6. The van der Waals surface area contributed by atoms with Crippen molar-refractivity contribution < 1.29 is 4.39 Å². The summed E-state index contributed by atoms with van der Waals surface area (Å²) in [6, 6.07) is 5.43. The predicted octanol–water partition coefficient (Wildman–Crippen LogP) is 2.92. The first-order valence-electron chi connectivity index (χ1n) is 10.2. The lowest BCUT2D eigenvalue weighted by Gasteiger charge is -2.18. The van der Waals surface area contributed by atoms with Gasteiger partial charge in [0, 0.05) is 37.4 Å². The van der Waals surface area contributed by atoms with Gasteiger partial charge in [-0.05, 0) is 71.5 Å². The molecule has 0 aliphatic heterocycles. The molecule has 1 atom stereocenters. The first-order valence-corrected chi connectivity index (χ1v) is 10.2. The van der Waals surface area contributed by atoms with Gasteiger partial charge in [0.1, 0.15) is 5.82 Å². The molecule has 0 radical (unpaired) electrons. The van der Waals surface area contributed by atoms with E-state index in [0.717, 1.165) is 30.2 Å². The topological polar surface area (TPSA) is 57.5 Å².